The smallest absolute Gasteiger partial charge is 0.295 e. The Morgan fingerprint density at radius 3 is 2.39 bits per heavy atom. The Hall–Kier alpha value is -3.23. The van der Waals surface area contributed by atoms with E-state index in [9.17, 15) is 14.7 Å². The quantitative estimate of drug-likeness (QED) is 0.393. The average molecular weight is 452 g/mol. The number of likely N-dealkylation sites (tertiary alicyclic amines) is 1. The van der Waals surface area contributed by atoms with E-state index in [4.69, 9.17) is 9.47 Å². The highest BCUT2D eigenvalue weighted by molar-refractivity contribution is 6.46. The molecule has 8 heteroatoms. The van der Waals surface area contributed by atoms with Crippen LogP contribution in [0.25, 0.3) is 5.76 Å². The van der Waals surface area contributed by atoms with Crippen LogP contribution >= 0.6 is 0 Å². The Morgan fingerprint density at radius 1 is 1.09 bits per heavy atom. The van der Waals surface area contributed by atoms with E-state index >= 15 is 0 Å². The molecule has 2 fully saturated rings. The summed E-state index contributed by atoms with van der Waals surface area (Å²) < 4.78 is 11.1. The number of aliphatic hydroxyl groups is 1. The van der Waals surface area contributed by atoms with Crippen LogP contribution in [0, 0.1) is 0 Å². The van der Waals surface area contributed by atoms with Gasteiger partial charge in [-0.05, 0) is 55.8 Å². The lowest BCUT2D eigenvalue weighted by molar-refractivity contribution is -0.140. The van der Waals surface area contributed by atoms with Gasteiger partial charge >= 0.3 is 0 Å². The number of amides is 1. The summed E-state index contributed by atoms with van der Waals surface area (Å²) in [5, 5.41) is 11.1. The number of carbonyl (C=O) groups is 2. The molecule has 2 saturated heterocycles. The summed E-state index contributed by atoms with van der Waals surface area (Å²) in [6.07, 6.45) is 3.26. The Bertz CT molecular complexity index is 1010. The molecule has 0 saturated carbocycles. The molecule has 3 heterocycles. The summed E-state index contributed by atoms with van der Waals surface area (Å²) in [5.74, 6) is -0.816. The third kappa shape index (κ3) is 5.07. The van der Waals surface area contributed by atoms with E-state index in [2.05, 4.69) is 9.88 Å². The molecule has 2 aliphatic rings. The van der Waals surface area contributed by atoms with Gasteiger partial charge in [0.25, 0.3) is 11.7 Å². The van der Waals surface area contributed by atoms with Gasteiger partial charge in [0.15, 0.2) is 0 Å². The SMILES string of the molecule is CC(C)Oc1ccc(C(O)=C2C(=O)C(=O)N(CCN3CCOCC3)[C@@H]2c2ccncc2)cc1. The molecule has 0 radical (unpaired) electrons. The monoisotopic (exact) mass is 451 g/mol. The highest BCUT2D eigenvalue weighted by atomic mass is 16.5. The number of ether oxygens (including phenoxy) is 2. The molecule has 1 N–H and O–H groups in total. The van der Waals surface area contributed by atoms with Gasteiger partial charge in [-0.25, -0.2) is 0 Å². The van der Waals surface area contributed by atoms with Crippen LogP contribution in [0.3, 0.4) is 0 Å². The van der Waals surface area contributed by atoms with Gasteiger partial charge in [0.2, 0.25) is 0 Å². The molecule has 1 amide bonds. The third-order valence-corrected chi connectivity index (χ3v) is 5.82. The number of aromatic nitrogens is 1. The Morgan fingerprint density at radius 2 is 1.76 bits per heavy atom. The molecular formula is C25H29N3O5. The summed E-state index contributed by atoms with van der Waals surface area (Å²) in [5.41, 5.74) is 1.27. The van der Waals surface area contributed by atoms with Gasteiger partial charge in [-0.15, -0.1) is 0 Å². The van der Waals surface area contributed by atoms with Crippen LogP contribution in [0.15, 0.2) is 54.4 Å². The predicted molar refractivity (Wildman–Crippen MR) is 123 cm³/mol. The minimum Gasteiger partial charge on any atom is -0.507 e. The van der Waals surface area contributed by atoms with Crippen molar-refractivity contribution in [2.75, 3.05) is 39.4 Å². The van der Waals surface area contributed by atoms with E-state index in [-0.39, 0.29) is 17.4 Å². The second kappa shape index (κ2) is 10.1. The third-order valence-electron chi connectivity index (χ3n) is 5.82. The number of benzene rings is 1. The Labute approximate surface area is 193 Å². The minimum atomic E-state index is -0.682. The lowest BCUT2D eigenvalue weighted by Gasteiger charge is -2.31. The first kappa shape index (κ1) is 22.9. The van der Waals surface area contributed by atoms with E-state index in [1.165, 1.54) is 0 Å². The molecule has 0 bridgehead atoms. The van der Waals surface area contributed by atoms with Crippen LogP contribution in [-0.2, 0) is 14.3 Å². The molecule has 0 unspecified atom stereocenters. The molecule has 174 valence electrons. The largest absolute Gasteiger partial charge is 0.507 e. The van der Waals surface area contributed by atoms with E-state index < -0.39 is 17.7 Å². The number of hydrogen-bond acceptors (Lipinski definition) is 7. The van der Waals surface area contributed by atoms with Crippen LogP contribution in [0.4, 0.5) is 0 Å². The number of morpholine rings is 1. The van der Waals surface area contributed by atoms with Crippen molar-refractivity contribution in [3.05, 3.63) is 65.5 Å². The maximum atomic E-state index is 13.1. The summed E-state index contributed by atoms with van der Waals surface area (Å²) in [6, 6.07) is 9.72. The van der Waals surface area contributed by atoms with Gasteiger partial charge in [0.1, 0.15) is 11.5 Å². The molecule has 2 aliphatic heterocycles. The number of carbonyl (C=O) groups excluding carboxylic acids is 2. The number of hydrogen-bond donors (Lipinski definition) is 1. The minimum absolute atomic E-state index is 0.0212. The number of aliphatic hydroxyl groups excluding tert-OH is 1. The lowest BCUT2D eigenvalue weighted by Crippen LogP contribution is -2.42. The molecule has 1 aromatic carbocycles. The van der Waals surface area contributed by atoms with Crippen molar-refractivity contribution in [2.24, 2.45) is 0 Å². The van der Waals surface area contributed by atoms with Gasteiger partial charge in [-0.1, -0.05) is 0 Å². The van der Waals surface area contributed by atoms with Crippen LogP contribution in [-0.4, -0.2) is 77.1 Å². The highest BCUT2D eigenvalue weighted by Gasteiger charge is 2.46. The fourth-order valence-electron chi connectivity index (χ4n) is 4.20. The Kier molecular flexibility index (Phi) is 7.05. The summed E-state index contributed by atoms with van der Waals surface area (Å²) in [6.45, 7) is 7.74. The van der Waals surface area contributed by atoms with Gasteiger partial charge in [0.05, 0.1) is 30.9 Å². The standard InChI is InChI=1S/C25H29N3O5/c1-17(2)33-20-5-3-19(4-6-20)23(29)21-22(18-7-9-26-10-8-18)28(25(31)24(21)30)12-11-27-13-15-32-16-14-27/h3-10,17,22,29H,11-16H2,1-2H3/t22-/m1/s1. The molecule has 1 aromatic heterocycles. The van der Waals surface area contributed by atoms with Gasteiger partial charge in [-0.3, -0.25) is 19.5 Å². The van der Waals surface area contributed by atoms with E-state index in [0.717, 1.165) is 18.7 Å². The molecule has 2 aromatic rings. The van der Waals surface area contributed by atoms with Crippen molar-refractivity contribution in [3.8, 4) is 5.75 Å². The number of nitrogens with zero attached hydrogens (tertiary/aromatic N) is 3. The van der Waals surface area contributed by atoms with Crippen LogP contribution in [0.2, 0.25) is 0 Å². The number of rotatable bonds is 7. The first-order valence-corrected chi connectivity index (χ1v) is 11.2. The van der Waals surface area contributed by atoms with E-state index in [0.29, 0.717) is 37.6 Å². The summed E-state index contributed by atoms with van der Waals surface area (Å²) in [4.78, 5) is 33.9. The number of pyridine rings is 1. The van der Waals surface area contributed by atoms with Gasteiger partial charge < -0.3 is 19.5 Å². The Balaban J connectivity index is 1.67. The molecule has 33 heavy (non-hydrogen) atoms. The van der Waals surface area contributed by atoms with Crippen LogP contribution in [0.5, 0.6) is 5.75 Å². The normalized spacial score (nSPS) is 21.1. The van der Waals surface area contributed by atoms with Gasteiger partial charge in [0, 0.05) is 44.1 Å². The van der Waals surface area contributed by atoms with E-state index in [1.54, 1.807) is 53.7 Å². The zero-order chi connectivity index (χ0) is 23.4. The van der Waals surface area contributed by atoms with Crippen molar-refractivity contribution in [3.63, 3.8) is 0 Å². The first-order chi connectivity index (χ1) is 16.0. The summed E-state index contributed by atoms with van der Waals surface area (Å²) in [7, 11) is 0. The van der Waals surface area contributed by atoms with Crippen molar-refractivity contribution in [1.29, 1.82) is 0 Å². The maximum absolute atomic E-state index is 13.1. The van der Waals surface area contributed by atoms with Gasteiger partial charge in [-0.2, -0.15) is 0 Å². The summed E-state index contributed by atoms with van der Waals surface area (Å²) >= 11 is 0. The fraction of sp³-hybridized carbons (Fsp3) is 0.400. The molecule has 8 nitrogen and oxygen atoms in total. The molecular weight excluding hydrogens is 422 g/mol. The van der Waals surface area contributed by atoms with Crippen molar-refractivity contribution in [2.45, 2.75) is 26.0 Å². The first-order valence-electron chi connectivity index (χ1n) is 11.2. The van der Waals surface area contributed by atoms with Crippen molar-refractivity contribution < 1.29 is 24.2 Å². The molecule has 0 spiro atoms. The van der Waals surface area contributed by atoms with Crippen LogP contribution < -0.4 is 4.74 Å². The van der Waals surface area contributed by atoms with E-state index in [1.807, 2.05) is 13.8 Å². The molecule has 1 atom stereocenters. The maximum Gasteiger partial charge on any atom is 0.295 e. The molecule has 4 rings (SSSR count). The average Bonchev–Trinajstić information content (AvgIpc) is 3.08. The zero-order valence-electron chi connectivity index (χ0n) is 18.9. The lowest BCUT2D eigenvalue weighted by atomic mass is 9.96. The predicted octanol–water partition coefficient (Wildman–Crippen LogP) is 2.62. The molecule has 0 aliphatic carbocycles. The second-order valence-electron chi connectivity index (χ2n) is 8.42. The fourth-order valence-corrected chi connectivity index (χ4v) is 4.20. The van der Waals surface area contributed by atoms with Crippen molar-refractivity contribution >= 4 is 17.4 Å². The topological polar surface area (TPSA) is 92.2 Å². The second-order valence-corrected chi connectivity index (χ2v) is 8.42. The highest BCUT2D eigenvalue weighted by Crippen LogP contribution is 2.39. The number of Topliss-reactive ketones (excluding diaryl/α,β-unsaturated/α-hetero) is 1. The van der Waals surface area contributed by atoms with Crippen LogP contribution in [0.1, 0.15) is 31.0 Å². The van der Waals surface area contributed by atoms with Crippen molar-refractivity contribution in [1.82, 2.24) is 14.8 Å². The zero-order valence-corrected chi connectivity index (χ0v) is 18.9. The number of ketones is 1.